The molecule has 1 amide bonds. The van der Waals surface area contributed by atoms with Crippen LogP contribution in [-0.2, 0) is 6.18 Å². The monoisotopic (exact) mass is 420 g/mol. The summed E-state index contributed by atoms with van der Waals surface area (Å²) in [6, 6.07) is 5.09. The molecule has 12 heteroatoms. The van der Waals surface area contributed by atoms with Crippen LogP contribution in [0.2, 0.25) is 0 Å². The van der Waals surface area contributed by atoms with E-state index in [0.717, 1.165) is 30.6 Å². The zero-order chi connectivity index (χ0) is 21.9. The molecule has 0 radical (unpaired) electrons. The van der Waals surface area contributed by atoms with Gasteiger partial charge in [0.05, 0.1) is 17.1 Å². The second kappa shape index (κ2) is 8.03. The molecule has 154 valence electrons. The van der Waals surface area contributed by atoms with Gasteiger partial charge in [-0.1, -0.05) is 0 Å². The molecule has 0 atom stereocenters. The van der Waals surface area contributed by atoms with Gasteiger partial charge in [-0.2, -0.15) is 18.3 Å². The van der Waals surface area contributed by atoms with Gasteiger partial charge in [0, 0.05) is 17.8 Å². The van der Waals surface area contributed by atoms with Gasteiger partial charge in [-0.05, 0) is 36.4 Å². The van der Waals surface area contributed by atoms with Gasteiger partial charge in [-0.25, -0.2) is 5.43 Å². The zero-order valence-electron chi connectivity index (χ0n) is 14.8. The molecule has 0 saturated carbocycles. The Balaban J connectivity index is 1.70. The predicted molar refractivity (Wildman–Crippen MR) is 98.8 cm³/mol. The molecule has 0 saturated heterocycles. The predicted octanol–water partition coefficient (Wildman–Crippen LogP) is 3.89. The highest BCUT2D eigenvalue weighted by Crippen LogP contribution is 2.34. The molecule has 0 aliphatic carbocycles. The Kier molecular flexibility index (Phi) is 5.49. The smallest absolute Gasteiger partial charge is 0.433 e. The van der Waals surface area contributed by atoms with Gasteiger partial charge < -0.3 is 9.52 Å². The first-order valence-corrected chi connectivity index (χ1v) is 8.10. The van der Waals surface area contributed by atoms with Crippen LogP contribution in [0.25, 0.3) is 17.0 Å². The molecule has 3 aromatic rings. The van der Waals surface area contributed by atoms with Gasteiger partial charge in [0.1, 0.15) is 22.0 Å². The number of benzene rings is 1. The third-order valence-corrected chi connectivity index (χ3v) is 3.79. The molecular weight excluding hydrogens is 409 g/mol. The fraction of sp³-hybridized carbons (Fsp3) is 0.0556. The van der Waals surface area contributed by atoms with Crippen molar-refractivity contribution in [2.45, 2.75) is 6.18 Å². The molecule has 0 unspecified atom stereocenters. The fourth-order valence-electron chi connectivity index (χ4n) is 2.39. The summed E-state index contributed by atoms with van der Waals surface area (Å²) in [5, 5.41) is 24.3. The Morgan fingerprint density at radius 1 is 1.30 bits per heavy atom. The summed E-state index contributed by atoms with van der Waals surface area (Å²) in [5.74, 6) is -1.63. The van der Waals surface area contributed by atoms with E-state index < -0.39 is 34.2 Å². The molecule has 0 aliphatic heterocycles. The maximum atomic E-state index is 12.8. The number of nitrogens with zero attached hydrogens (tertiary/aromatic N) is 3. The number of halogens is 3. The molecule has 0 spiro atoms. The minimum Gasteiger partial charge on any atom is -0.506 e. The van der Waals surface area contributed by atoms with E-state index in [2.05, 4.69) is 15.5 Å². The van der Waals surface area contributed by atoms with Crippen LogP contribution in [0.5, 0.6) is 5.75 Å². The number of allylic oxidation sites excluding steroid dienone is 1. The van der Waals surface area contributed by atoms with Crippen LogP contribution in [-0.4, -0.2) is 27.1 Å². The summed E-state index contributed by atoms with van der Waals surface area (Å²) in [7, 11) is 0. The van der Waals surface area contributed by atoms with Crippen LogP contribution in [0, 0.1) is 10.1 Å². The number of alkyl halides is 3. The number of furan rings is 1. The minimum absolute atomic E-state index is 0.0288. The summed E-state index contributed by atoms with van der Waals surface area (Å²) in [6.07, 6.45) is 0.203. The lowest BCUT2D eigenvalue weighted by atomic mass is 10.1. The van der Waals surface area contributed by atoms with Crippen molar-refractivity contribution in [3.63, 3.8) is 0 Å². The van der Waals surface area contributed by atoms with Crippen LogP contribution in [0.4, 0.5) is 19.1 Å². The second-order valence-corrected chi connectivity index (χ2v) is 5.76. The molecule has 2 aromatic heterocycles. The second-order valence-electron chi connectivity index (χ2n) is 5.76. The third kappa shape index (κ3) is 4.43. The Morgan fingerprint density at radius 2 is 2.07 bits per heavy atom. The van der Waals surface area contributed by atoms with Crippen LogP contribution < -0.4 is 5.43 Å². The van der Waals surface area contributed by atoms with Crippen molar-refractivity contribution in [3.05, 3.63) is 69.6 Å². The molecular formula is C18H11F3N4O5. The van der Waals surface area contributed by atoms with E-state index in [4.69, 9.17) is 4.42 Å². The van der Waals surface area contributed by atoms with Crippen LogP contribution in [0.1, 0.15) is 21.7 Å². The summed E-state index contributed by atoms with van der Waals surface area (Å²) in [5.41, 5.74) is 0.763. The summed E-state index contributed by atoms with van der Waals surface area (Å²) in [6.45, 7) is 0. The highest BCUT2D eigenvalue weighted by Gasteiger charge is 2.31. The summed E-state index contributed by atoms with van der Waals surface area (Å²) >= 11 is 0. The molecule has 2 N–H and O–H groups in total. The van der Waals surface area contributed by atoms with E-state index in [1.165, 1.54) is 24.3 Å². The van der Waals surface area contributed by atoms with Gasteiger partial charge in [0.15, 0.2) is 0 Å². The number of nitro groups is 1. The lowest BCUT2D eigenvalue weighted by Crippen LogP contribution is -2.17. The topological polar surface area (TPSA) is 131 Å². The van der Waals surface area contributed by atoms with Crippen molar-refractivity contribution in [1.29, 1.82) is 0 Å². The molecule has 2 heterocycles. The van der Waals surface area contributed by atoms with Crippen molar-refractivity contribution in [2.24, 2.45) is 5.10 Å². The molecule has 30 heavy (non-hydrogen) atoms. The Bertz CT molecular complexity index is 1180. The number of aromatic hydroxyl groups is 1. The number of nitrogens with one attached hydrogen (secondary N) is 1. The van der Waals surface area contributed by atoms with E-state index in [1.54, 1.807) is 0 Å². The average Bonchev–Trinajstić information content (AvgIpc) is 3.16. The normalized spacial score (nSPS) is 12.1. The van der Waals surface area contributed by atoms with Crippen molar-refractivity contribution in [1.82, 2.24) is 10.4 Å². The van der Waals surface area contributed by atoms with Gasteiger partial charge in [0.25, 0.3) is 5.91 Å². The lowest BCUT2D eigenvalue weighted by Gasteiger charge is -2.09. The largest absolute Gasteiger partial charge is 0.506 e. The highest BCUT2D eigenvalue weighted by molar-refractivity contribution is 6.02. The zero-order valence-corrected chi connectivity index (χ0v) is 14.8. The SMILES string of the molecule is O=C(NN=CC=Cc1ccc([N+](=O)[O-])o1)c1cnc2cc(C(F)(F)F)ccc2c1O. The van der Waals surface area contributed by atoms with E-state index in [9.17, 15) is 33.2 Å². The number of rotatable bonds is 5. The fourth-order valence-corrected chi connectivity index (χ4v) is 2.39. The van der Waals surface area contributed by atoms with E-state index in [-0.39, 0.29) is 22.2 Å². The number of carbonyl (C=O) groups excluding carboxylic acids is 1. The first-order chi connectivity index (χ1) is 14.2. The van der Waals surface area contributed by atoms with Gasteiger partial charge >= 0.3 is 12.1 Å². The Labute approximate surface area is 165 Å². The number of fused-ring (bicyclic) bond motifs is 1. The number of aromatic nitrogens is 1. The summed E-state index contributed by atoms with van der Waals surface area (Å²) in [4.78, 5) is 25.7. The Hall–Kier alpha value is -4.22. The van der Waals surface area contributed by atoms with Crippen molar-refractivity contribution >= 4 is 35.0 Å². The van der Waals surface area contributed by atoms with Gasteiger partial charge in [0.2, 0.25) is 0 Å². The maximum Gasteiger partial charge on any atom is 0.433 e. The third-order valence-electron chi connectivity index (χ3n) is 3.79. The molecule has 3 rings (SSSR count). The van der Waals surface area contributed by atoms with Gasteiger partial charge in [-0.15, -0.1) is 0 Å². The van der Waals surface area contributed by atoms with Crippen molar-refractivity contribution < 1.29 is 32.4 Å². The van der Waals surface area contributed by atoms with Crippen LogP contribution in [0.3, 0.4) is 0 Å². The van der Waals surface area contributed by atoms with E-state index in [0.29, 0.717) is 0 Å². The summed E-state index contributed by atoms with van der Waals surface area (Å²) < 4.78 is 43.2. The Morgan fingerprint density at radius 3 is 2.73 bits per heavy atom. The number of hydrazone groups is 1. The number of pyridine rings is 1. The van der Waals surface area contributed by atoms with Crippen LogP contribution in [0.15, 0.2) is 52.1 Å². The number of hydrogen-bond acceptors (Lipinski definition) is 7. The molecule has 0 bridgehead atoms. The maximum absolute atomic E-state index is 12.8. The highest BCUT2D eigenvalue weighted by atomic mass is 19.4. The average molecular weight is 420 g/mol. The van der Waals surface area contributed by atoms with E-state index >= 15 is 0 Å². The number of amides is 1. The first kappa shape index (κ1) is 20.5. The molecule has 1 aromatic carbocycles. The molecule has 0 aliphatic rings. The minimum atomic E-state index is -4.57. The molecule has 0 fully saturated rings. The van der Waals surface area contributed by atoms with E-state index in [1.807, 2.05) is 0 Å². The van der Waals surface area contributed by atoms with Crippen molar-refractivity contribution in [2.75, 3.05) is 0 Å². The van der Waals surface area contributed by atoms with Gasteiger partial charge in [-0.3, -0.25) is 19.9 Å². The standard InChI is InChI=1S/C18H11F3N4O5/c19-18(20,21)10-3-5-12-14(8-10)22-9-13(16(12)26)17(27)24-23-7-1-2-11-4-6-15(30-11)25(28)29/h1-9H,(H,22,26)(H,24,27). The van der Waals surface area contributed by atoms with Crippen LogP contribution >= 0.6 is 0 Å². The first-order valence-electron chi connectivity index (χ1n) is 8.10. The lowest BCUT2D eigenvalue weighted by molar-refractivity contribution is -0.402. The number of hydrogen-bond donors (Lipinski definition) is 2. The quantitative estimate of drug-likeness (QED) is 0.366. The molecule has 9 nitrogen and oxygen atoms in total. The number of carbonyl (C=O) groups is 1. The van der Waals surface area contributed by atoms with Crippen molar-refractivity contribution in [3.8, 4) is 5.75 Å².